The highest BCUT2D eigenvalue weighted by molar-refractivity contribution is 8.02. The Morgan fingerprint density at radius 1 is 1.04 bits per heavy atom. The first-order valence-corrected chi connectivity index (χ1v) is 9.79. The molecule has 0 aliphatic carbocycles. The summed E-state index contributed by atoms with van der Waals surface area (Å²) in [4.78, 5) is 15.1. The number of carbonyl (C=O) groups excluding carboxylic acids is 1. The van der Waals surface area contributed by atoms with Crippen molar-refractivity contribution in [3.8, 4) is 0 Å². The van der Waals surface area contributed by atoms with Gasteiger partial charge in [-0.3, -0.25) is 9.69 Å². The second-order valence-electron chi connectivity index (χ2n) is 5.45. The van der Waals surface area contributed by atoms with Crippen molar-refractivity contribution in [2.45, 2.75) is 29.9 Å². The van der Waals surface area contributed by atoms with Crippen LogP contribution in [0, 0.1) is 6.92 Å². The summed E-state index contributed by atoms with van der Waals surface area (Å²) in [5.41, 5.74) is 1.73. The normalized spacial score (nSPS) is 11.9. The molecule has 1 unspecified atom stereocenters. The molecule has 1 heterocycles. The maximum absolute atomic E-state index is 13.3. The predicted octanol–water partition coefficient (Wildman–Crippen LogP) is 5.08. The van der Waals surface area contributed by atoms with E-state index in [1.54, 1.807) is 4.90 Å². The molecule has 1 amide bonds. The zero-order chi connectivity index (χ0) is 17.6. The first kappa shape index (κ1) is 17.6. The molecule has 3 rings (SSSR count). The lowest BCUT2D eigenvalue weighted by Gasteiger charge is -2.26. The van der Waals surface area contributed by atoms with Crippen LogP contribution in [0.5, 0.6) is 0 Å². The molecule has 0 saturated carbocycles. The lowest BCUT2D eigenvalue weighted by molar-refractivity contribution is -0.117. The Labute approximate surface area is 155 Å². The molecule has 0 bridgehead atoms. The number of hydrogen-bond acceptors (Lipinski definition) is 5. The van der Waals surface area contributed by atoms with Gasteiger partial charge in [-0.05, 0) is 37.6 Å². The van der Waals surface area contributed by atoms with E-state index >= 15 is 0 Å². The number of aryl methyl sites for hydroxylation is 1. The Morgan fingerprint density at radius 3 is 2.04 bits per heavy atom. The van der Waals surface area contributed by atoms with Crippen molar-refractivity contribution in [1.29, 1.82) is 0 Å². The van der Waals surface area contributed by atoms with Gasteiger partial charge in [-0.25, -0.2) is 0 Å². The van der Waals surface area contributed by atoms with Gasteiger partial charge >= 0.3 is 0 Å². The molecule has 0 fully saturated rings. The topological polar surface area (TPSA) is 46.1 Å². The Hall–Kier alpha value is -2.18. The number of rotatable bonds is 6. The fourth-order valence-electron chi connectivity index (χ4n) is 2.46. The van der Waals surface area contributed by atoms with E-state index in [9.17, 15) is 4.79 Å². The largest absolute Gasteiger partial charge is 0.280 e. The van der Waals surface area contributed by atoms with E-state index in [0.717, 1.165) is 27.1 Å². The first-order valence-electron chi connectivity index (χ1n) is 8.10. The molecule has 0 saturated heterocycles. The van der Waals surface area contributed by atoms with Gasteiger partial charge in [-0.2, -0.15) is 0 Å². The SMILES string of the molecule is CCC(Sc1nnc(C)s1)C(=O)N(c1ccccc1)c1ccccc1. The number of anilines is 2. The van der Waals surface area contributed by atoms with Gasteiger partial charge in [0.05, 0.1) is 5.25 Å². The predicted molar refractivity (Wildman–Crippen MR) is 105 cm³/mol. The summed E-state index contributed by atoms with van der Waals surface area (Å²) >= 11 is 3.01. The van der Waals surface area contributed by atoms with E-state index in [1.165, 1.54) is 23.1 Å². The molecule has 0 spiro atoms. The van der Waals surface area contributed by atoms with Crippen LogP contribution in [0.3, 0.4) is 0 Å². The summed E-state index contributed by atoms with van der Waals surface area (Å²) in [6.07, 6.45) is 0.721. The van der Waals surface area contributed by atoms with Gasteiger partial charge in [0.25, 0.3) is 0 Å². The van der Waals surface area contributed by atoms with Crippen LogP contribution in [0.4, 0.5) is 11.4 Å². The van der Waals surface area contributed by atoms with Gasteiger partial charge in [-0.1, -0.05) is 66.4 Å². The molecule has 128 valence electrons. The molecular weight excluding hydrogens is 350 g/mol. The van der Waals surface area contributed by atoms with Gasteiger partial charge < -0.3 is 0 Å². The third kappa shape index (κ3) is 4.27. The highest BCUT2D eigenvalue weighted by Gasteiger charge is 2.27. The number of thioether (sulfide) groups is 1. The van der Waals surface area contributed by atoms with Gasteiger partial charge in [-0.15, -0.1) is 10.2 Å². The highest BCUT2D eigenvalue weighted by Crippen LogP contribution is 2.33. The van der Waals surface area contributed by atoms with Crippen LogP contribution in [0.1, 0.15) is 18.4 Å². The van der Waals surface area contributed by atoms with Crippen LogP contribution in [0.25, 0.3) is 0 Å². The molecule has 3 aromatic rings. The maximum Gasteiger partial charge on any atom is 0.245 e. The third-order valence-corrected chi connectivity index (χ3v) is 5.92. The minimum absolute atomic E-state index is 0.0535. The zero-order valence-electron chi connectivity index (χ0n) is 14.1. The van der Waals surface area contributed by atoms with Crippen LogP contribution < -0.4 is 4.90 Å². The standard InChI is InChI=1S/C19H19N3OS2/c1-3-17(25-19-21-20-14(2)24-19)18(23)22(15-10-6-4-7-11-15)16-12-8-5-9-13-16/h4-13,17H,3H2,1-2H3. The molecule has 0 aliphatic rings. The Balaban J connectivity index is 1.92. The minimum atomic E-state index is -0.215. The molecule has 6 heteroatoms. The summed E-state index contributed by atoms with van der Waals surface area (Å²) < 4.78 is 0.832. The van der Waals surface area contributed by atoms with Gasteiger partial charge in [0, 0.05) is 11.4 Å². The maximum atomic E-state index is 13.3. The molecule has 4 nitrogen and oxygen atoms in total. The lowest BCUT2D eigenvalue weighted by Crippen LogP contribution is -2.34. The number of carbonyl (C=O) groups is 1. The molecule has 0 radical (unpaired) electrons. The second-order valence-corrected chi connectivity index (χ2v) is 8.08. The third-order valence-electron chi connectivity index (χ3n) is 3.65. The molecule has 2 aromatic carbocycles. The summed E-state index contributed by atoms with van der Waals surface area (Å²) in [7, 11) is 0. The average molecular weight is 370 g/mol. The van der Waals surface area contributed by atoms with E-state index in [4.69, 9.17) is 0 Å². The van der Waals surface area contributed by atoms with Crippen molar-refractivity contribution in [1.82, 2.24) is 10.2 Å². The molecular formula is C19H19N3OS2. The van der Waals surface area contributed by atoms with Gasteiger partial charge in [0.2, 0.25) is 5.91 Å². The quantitative estimate of drug-likeness (QED) is 0.568. The fourth-order valence-corrected chi connectivity index (χ4v) is 4.48. The number of aromatic nitrogens is 2. The van der Waals surface area contributed by atoms with Gasteiger partial charge in [0.15, 0.2) is 4.34 Å². The van der Waals surface area contributed by atoms with Crippen molar-refractivity contribution in [2.24, 2.45) is 0 Å². The van der Waals surface area contributed by atoms with E-state index in [1.807, 2.05) is 74.5 Å². The fraction of sp³-hybridized carbons (Fsp3) is 0.211. The number of para-hydroxylation sites is 2. The highest BCUT2D eigenvalue weighted by atomic mass is 32.2. The Kier molecular flexibility index (Phi) is 5.83. The lowest BCUT2D eigenvalue weighted by atomic mass is 10.2. The monoisotopic (exact) mass is 369 g/mol. The molecule has 0 aliphatic heterocycles. The minimum Gasteiger partial charge on any atom is -0.280 e. The van der Waals surface area contributed by atoms with Crippen LogP contribution in [-0.4, -0.2) is 21.4 Å². The first-order chi connectivity index (χ1) is 12.2. The summed E-state index contributed by atoms with van der Waals surface area (Å²) in [6, 6.07) is 19.5. The Bertz CT molecular complexity index is 781. The summed E-state index contributed by atoms with van der Waals surface area (Å²) in [5.74, 6) is 0.0535. The van der Waals surface area contributed by atoms with Crippen molar-refractivity contribution >= 4 is 40.4 Å². The van der Waals surface area contributed by atoms with E-state index in [0.29, 0.717) is 0 Å². The van der Waals surface area contributed by atoms with Gasteiger partial charge in [0.1, 0.15) is 5.01 Å². The number of nitrogens with zero attached hydrogens (tertiary/aromatic N) is 3. The van der Waals surface area contributed by atoms with Crippen molar-refractivity contribution in [3.63, 3.8) is 0 Å². The molecule has 1 atom stereocenters. The zero-order valence-corrected chi connectivity index (χ0v) is 15.8. The number of benzene rings is 2. The summed E-state index contributed by atoms with van der Waals surface area (Å²) in [5, 5.41) is 8.89. The van der Waals surface area contributed by atoms with E-state index in [-0.39, 0.29) is 11.2 Å². The van der Waals surface area contributed by atoms with Crippen LogP contribution >= 0.6 is 23.1 Å². The van der Waals surface area contributed by atoms with Crippen molar-refractivity contribution in [3.05, 3.63) is 65.7 Å². The summed E-state index contributed by atoms with van der Waals surface area (Å²) in [6.45, 7) is 3.95. The van der Waals surface area contributed by atoms with Crippen molar-refractivity contribution < 1.29 is 4.79 Å². The van der Waals surface area contributed by atoms with Crippen molar-refractivity contribution in [2.75, 3.05) is 4.90 Å². The van der Waals surface area contributed by atoms with Crippen LogP contribution in [0.15, 0.2) is 65.0 Å². The smallest absolute Gasteiger partial charge is 0.245 e. The van der Waals surface area contributed by atoms with Crippen LogP contribution in [0.2, 0.25) is 0 Å². The number of hydrogen-bond donors (Lipinski definition) is 0. The molecule has 25 heavy (non-hydrogen) atoms. The molecule has 1 aromatic heterocycles. The van der Waals surface area contributed by atoms with Crippen LogP contribution in [-0.2, 0) is 4.79 Å². The number of amides is 1. The average Bonchev–Trinajstić information content (AvgIpc) is 3.06. The molecule has 0 N–H and O–H groups in total. The van der Waals surface area contributed by atoms with E-state index < -0.39 is 0 Å². The Morgan fingerprint density at radius 2 is 1.60 bits per heavy atom. The second kappa shape index (κ2) is 8.27. The van der Waals surface area contributed by atoms with E-state index in [2.05, 4.69) is 10.2 Å².